The Balaban J connectivity index is 1.36. The third kappa shape index (κ3) is 4.74. The molecule has 1 aliphatic heterocycles. The van der Waals surface area contributed by atoms with E-state index in [1.807, 2.05) is 49.4 Å². The molecule has 0 aromatic heterocycles. The van der Waals surface area contributed by atoms with Crippen molar-refractivity contribution in [1.82, 2.24) is 10.2 Å². The van der Waals surface area contributed by atoms with Gasteiger partial charge in [-0.3, -0.25) is 9.69 Å². The van der Waals surface area contributed by atoms with Gasteiger partial charge in [0, 0.05) is 12.6 Å². The van der Waals surface area contributed by atoms with Crippen LogP contribution in [0.25, 0.3) is 0 Å². The molecule has 1 saturated carbocycles. The quantitative estimate of drug-likeness (QED) is 0.659. The molecule has 4 atom stereocenters. The smallest absolute Gasteiger partial charge is 0.337 e. The Morgan fingerprint density at radius 3 is 2.55 bits per heavy atom. The number of benzene rings is 2. The minimum absolute atomic E-state index is 0.0801. The molecule has 1 amide bonds. The second kappa shape index (κ2) is 9.52. The van der Waals surface area contributed by atoms with Gasteiger partial charge in [-0.2, -0.15) is 0 Å². The number of piperidine rings is 1. The van der Waals surface area contributed by atoms with Gasteiger partial charge in [-0.25, -0.2) is 4.79 Å². The monoisotopic (exact) mass is 422 g/mol. The van der Waals surface area contributed by atoms with Crippen molar-refractivity contribution < 1.29 is 19.1 Å². The molecule has 1 heterocycles. The number of methoxy groups -OCH3 is 1. The fourth-order valence-electron chi connectivity index (χ4n) is 4.96. The van der Waals surface area contributed by atoms with Crippen molar-refractivity contribution in [3.8, 4) is 5.75 Å². The lowest BCUT2D eigenvalue weighted by molar-refractivity contribution is -0.128. The fraction of sp³-hybridized carbons (Fsp3) is 0.440. The summed E-state index contributed by atoms with van der Waals surface area (Å²) in [7, 11) is 1.37. The van der Waals surface area contributed by atoms with Crippen molar-refractivity contribution in [3.05, 3.63) is 65.7 Å². The highest BCUT2D eigenvalue weighted by Crippen LogP contribution is 2.42. The lowest BCUT2D eigenvalue weighted by Gasteiger charge is -2.34. The van der Waals surface area contributed by atoms with Gasteiger partial charge in [0.25, 0.3) is 0 Å². The third-order valence-electron chi connectivity index (χ3n) is 6.54. The van der Waals surface area contributed by atoms with Crippen molar-refractivity contribution in [2.45, 2.75) is 44.3 Å². The molecule has 1 aliphatic carbocycles. The standard InChI is InChI=1S/C25H30N2O4/c1-17(18-8-10-19(11-9-18)25(29)30-2)26-24(28)23-20-12-13-21(16-20)27(23)14-15-31-22-6-4-3-5-7-22/h3-11,17,20-21,23H,12-16H2,1-2H3,(H,26,28)/t17-,20+,21-,23+/m0/s1. The molecular formula is C25H30N2O4. The number of fused-ring (bicyclic) bond motifs is 2. The van der Waals surface area contributed by atoms with E-state index in [4.69, 9.17) is 9.47 Å². The molecule has 2 aliphatic rings. The molecule has 0 unspecified atom stereocenters. The summed E-state index contributed by atoms with van der Waals surface area (Å²) in [5, 5.41) is 3.19. The predicted octanol–water partition coefficient (Wildman–Crippen LogP) is 3.58. The first-order valence-corrected chi connectivity index (χ1v) is 11.0. The number of hydrogen-bond donors (Lipinski definition) is 1. The van der Waals surface area contributed by atoms with Crippen LogP contribution in [0.3, 0.4) is 0 Å². The highest BCUT2D eigenvalue weighted by molar-refractivity contribution is 5.89. The number of carbonyl (C=O) groups is 2. The van der Waals surface area contributed by atoms with Crippen LogP contribution in [-0.2, 0) is 9.53 Å². The summed E-state index contributed by atoms with van der Waals surface area (Å²) in [5.74, 6) is 0.988. The molecule has 164 valence electrons. The van der Waals surface area contributed by atoms with E-state index in [9.17, 15) is 9.59 Å². The molecule has 2 aromatic carbocycles. The van der Waals surface area contributed by atoms with Gasteiger partial charge in [-0.1, -0.05) is 30.3 Å². The first-order valence-electron chi connectivity index (χ1n) is 11.0. The Kier molecular flexibility index (Phi) is 6.56. The van der Waals surface area contributed by atoms with E-state index in [-0.39, 0.29) is 24.0 Å². The van der Waals surface area contributed by atoms with Crippen LogP contribution in [0.15, 0.2) is 54.6 Å². The highest BCUT2D eigenvalue weighted by atomic mass is 16.5. The van der Waals surface area contributed by atoms with Crippen molar-refractivity contribution in [2.24, 2.45) is 5.92 Å². The Hall–Kier alpha value is -2.86. The Morgan fingerprint density at radius 1 is 1.10 bits per heavy atom. The van der Waals surface area contributed by atoms with Crippen LogP contribution in [0, 0.1) is 5.92 Å². The number of ether oxygens (including phenoxy) is 2. The fourth-order valence-corrected chi connectivity index (χ4v) is 4.96. The topological polar surface area (TPSA) is 67.9 Å². The second-order valence-electron chi connectivity index (χ2n) is 8.41. The summed E-state index contributed by atoms with van der Waals surface area (Å²) in [4.78, 5) is 27.2. The Morgan fingerprint density at radius 2 is 1.84 bits per heavy atom. The number of nitrogens with zero attached hydrogens (tertiary/aromatic N) is 1. The summed E-state index contributed by atoms with van der Waals surface area (Å²) >= 11 is 0. The third-order valence-corrected chi connectivity index (χ3v) is 6.54. The Labute approximate surface area is 183 Å². The molecule has 2 aromatic rings. The average molecular weight is 423 g/mol. The normalized spacial score (nSPS) is 23.4. The van der Waals surface area contributed by atoms with Gasteiger partial charge < -0.3 is 14.8 Å². The van der Waals surface area contributed by atoms with E-state index < -0.39 is 0 Å². The van der Waals surface area contributed by atoms with E-state index in [1.54, 1.807) is 12.1 Å². The molecule has 0 radical (unpaired) electrons. The van der Waals surface area contributed by atoms with Gasteiger partial charge in [0.2, 0.25) is 5.91 Å². The number of para-hydroxylation sites is 1. The van der Waals surface area contributed by atoms with Crippen molar-refractivity contribution >= 4 is 11.9 Å². The van der Waals surface area contributed by atoms with E-state index in [1.165, 1.54) is 7.11 Å². The predicted molar refractivity (Wildman–Crippen MR) is 118 cm³/mol. The Bertz CT molecular complexity index is 899. The molecule has 0 spiro atoms. The SMILES string of the molecule is COC(=O)c1ccc([C@H](C)NC(=O)[C@H]2[C@@H]3CC[C@@H](C3)N2CCOc2ccccc2)cc1. The molecule has 2 bridgehead atoms. The molecule has 2 fully saturated rings. The molecular weight excluding hydrogens is 392 g/mol. The highest BCUT2D eigenvalue weighted by Gasteiger charge is 2.49. The maximum absolute atomic E-state index is 13.2. The van der Waals surface area contributed by atoms with E-state index in [2.05, 4.69) is 10.2 Å². The lowest BCUT2D eigenvalue weighted by Crippen LogP contribution is -2.51. The van der Waals surface area contributed by atoms with Crippen LogP contribution < -0.4 is 10.1 Å². The number of esters is 1. The van der Waals surface area contributed by atoms with Crippen LogP contribution in [-0.4, -0.2) is 49.1 Å². The molecule has 6 nitrogen and oxygen atoms in total. The van der Waals surface area contributed by atoms with Gasteiger partial charge in [0.05, 0.1) is 24.8 Å². The van der Waals surface area contributed by atoms with Crippen molar-refractivity contribution in [1.29, 1.82) is 0 Å². The van der Waals surface area contributed by atoms with Crippen LogP contribution in [0.1, 0.15) is 48.1 Å². The van der Waals surface area contributed by atoms with Gasteiger partial charge >= 0.3 is 5.97 Å². The number of hydrogen-bond acceptors (Lipinski definition) is 5. The molecule has 1 N–H and O–H groups in total. The minimum atomic E-state index is -0.362. The van der Waals surface area contributed by atoms with Crippen LogP contribution >= 0.6 is 0 Å². The van der Waals surface area contributed by atoms with E-state index in [0.717, 1.165) is 37.1 Å². The van der Waals surface area contributed by atoms with E-state index in [0.29, 0.717) is 24.1 Å². The first kappa shape index (κ1) is 21.4. The van der Waals surface area contributed by atoms with Crippen LogP contribution in [0.5, 0.6) is 5.75 Å². The summed E-state index contributed by atoms with van der Waals surface area (Å²) < 4.78 is 10.6. The molecule has 6 heteroatoms. The van der Waals surface area contributed by atoms with Gasteiger partial charge in [-0.05, 0) is 61.9 Å². The van der Waals surface area contributed by atoms with Crippen LogP contribution in [0.2, 0.25) is 0 Å². The zero-order valence-electron chi connectivity index (χ0n) is 18.1. The minimum Gasteiger partial charge on any atom is -0.492 e. The summed E-state index contributed by atoms with van der Waals surface area (Å²) in [6.07, 6.45) is 3.36. The lowest BCUT2D eigenvalue weighted by atomic mass is 9.97. The average Bonchev–Trinajstić information content (AvgIpc) is 3.41. The van der Waals surface area contributed by atoms with Gasteiger partial charge in [0.1, 0.15) is 12.4 Å². The van der Waals surface area contributed by atoms with Gasteiger partial charge in [0.15, 0.2) is 0 Å². The first-order chi connectivity index (χ1) is 15.1. The van der Waals surface area contributed by atoms with Crippen molar-refractivity contribution in [3.63, 3.8) is 0 Å². The van der Waals surface area contributed by atoms with Gasteiger partial charge in [-0.15, -0.1) is 0 Å². The van der Waals surface area contributed by atoms with Crippen molar-refractivity contribution in [2.75, 3.05) is 20.3 Å². The summed E-state index contributed by atoms with van der Waals surface area (Å²) in [5.41, 5.74) is 1.46. The molecule has 1 saturated heterocycles. The number of amides is 1. The number of carbonyl (C=O) groups excluding carboxylic acids is 2. The summed E-state index contributed by atoms with van der Waals surface area (Å²) in [6.45, 7) is 3.29. The number of nitrogens with one attached hydrogen (secondary N) is 1. The molecule has 4 rings (SSSR count). The van der Waals surface area contributed by atoms with Crippen LogP contribution in [0.4, 0.5) is 0 Å². The second-order valence-corrected chi connectivity index (χ2v) is 8.41. The zero-order chi connectivity index (χ0) is 21.8. The number of likely N-dealkylation sites (tertiary alicyclic amines) is 1. The molecule has 31 heavy (non-hydrogen) atoms. The van der Waals surface area contributed by atoms with E-state index >= 15 is 0 Å². The number of rotatable bonds is 8. The maximum Gasteiger partial charge on any atom is 0.337 e. The summed E-state index contributed by atoms with van der Waals surface area (Å²) in [6, 6.07) is 17.2. The largest absolute Gasteiger partial charge is 0.492 e. The maximum atomic E-state index is 13.2. The zero-order valence-corrected chi connectivity index (χ0v) is 18.1.